The van der Waals surface area contributed by atoms with Crippen molar-refractivity contribution in [3.8, 4) is 0 Å². The van der Waals surface area contributed by atoms with Gasteiger partial charge in [0.25, 0.3) is 0 Å². The smallest absolute Gasteiger partial charge is 0.309 e. The molecule has 0 bridgehead atoms. The lowest BCUT2D eigenvalue weighted by Gasteiger charge is -2.26. The Bertz CT molecular complexity index is 547. The molecule has 3 N–H and O–H groups in total. The molecule has 1 unspecified atom stereocenters. The second-order valence-corrected chi connectivity index (χ2v) is 6.37. The Hall–Kier alpha value is -1.96. The summed E-state index contributed by atoms with van der Waals surface area (Å²) in [6, 6.07) is 9.89. The van der Waals surface area contributed by atoms with Crippen LogP contribution in [0.15, 0.2) is 30.3 Å². The third-order valence-corrected chi connectivity index (χ3v) is 4.55. The molecule has 0 saturated carbocycles. The lowest BCUT2D eigenvalue weighted by molar-refractivity contribution is -0.139. The molecule has 1 atom stereocenters. The molecule has 1 aliphatic heterocycles. The fourth-order valence-corrected chi connectivity index (χ4v) is 3.03. The van der Waals surface area contributed by atoms with E-state index >= 15 is 0 Å². The monoisotopic (exact) mass is 363 g/mol. The zero-order valence-corrected chi connectivity index (χ0v) is 15.2. The number of nitrogens with one attached hydrogen (secondary N) is 2. The summed E-state index contributed by atoms with van der Waals surface area (Å²) >= 11 is 0. The maximum absolute atomic E-state index is 11.9. The number of carbonyl (C=O) groups excluding carboxylic acids is 2. The first-order valence-corrected chi connectivity index (χ1v) is 9.22. The van der Waals surface area contributed by atoms with Gasteiger partial charge in [-0.15, -0.1) is 0 Å². The van der Waals surface area contributed by atoms with E-state index in [2.05, 4.69) is 15.5 Å². The summed E-state index contributed by atoms with van der Waals surface area (Å²) in [4.78, 5) is 25.9. The molecule has 1 saturated heterocycles. The van der Waals surface area contributed by atoms with E-state index in [0.29, 0.717) is 39.1 Å². The lowest BCUT2D eigenvalue weighted by Crippen LogP contribution is -2.45. The molecule has 144 valence electrons. The van der Waals surface area contributed by atoms with Crippen molar-refractivity contribution in [1.82, 2.24) is 15.5 Å². The van der Waals surface area contributed by atoms with Crippen LogP contribution < -0.4 is 10.6 Å². The number of carbonyl (C=O) groups is 2. The second-order valence-electron chi connectivity index (χ2n) is 6.37. The minimum absolute atomic E-state index is 0.0928. The standard InChI is InChI=1S/C19H29N3O4/c23-13-7-17(16-4-2-1-3-5-16)6-8-20-18(24)19(25)21-9-10-22-11-14-26-15-12-22/h1-5,17,23H,6-15H2,(H,20,24)(H,21,25). The number of amides is 2. The average Bonchev–Trinajstić information content (AvgIpc) is 2.68. The Morgan fingerprint density at radius 2 is 1.69 bits per heavy atom. The van der Waals surface area contributed by atoms with Crippen LogP contribution in [-0.4, -0.2) is 74.4 Å². The third kappa shape index (κ3) is 7.11. The summed E-state index contributed by atoms with van der Waals surface area (Å²) in [5, 5.41) is 14.6. The van der Waals surface area contributed by atoms with E-state index in [-0.39, 0.29) is 12.5 Å². The normalized spacial score (nSPS) is 16.0. The van der Waals surface area contributed by atoms with Crippen LogP contribution in [0.1, 0.15) is 24.3 Å². The maximum atomic E-state index is 11.9. The molecule has 2 rings (SSSR count). The molecular formula is C19H29N3O4. The molecule has 0 aliphatic carbocycles. The summed E-state index contributed by atoms with van der Waals surface area (Å²) < 4.78 is 5.27. The fourth-order valence-electron chi connectivity index (χ4n) is 3.03. The Balaban J connectivity index is 1.65. The van der Waals surface area contributed by atoms with Crippen LogP contribution in [-0.2, 0) is 14.3 Å². The summed E-state index contributed by atoms with van der Waals surface area (Å²) in [5.41, 5.74) is 1.13. The molecule has 26 heavy (non-hydrogen) atoms. The van der Waals surface area contributed by atoms with Crippen molar-refractivity contribution in [3.05, 3.63) is 35.9 Å². The van der Waals surface area contributed by atoms with Gasteiger partial charge in [-0.05, 0) is 24.3 Å². The van der Waals surface area contributed by atoms with Crippen molar-refractivity contribution in [2.24, 2.45) is 0 Å². The van der Waals surface area contributed by atoms with E-state index < -0.39 is 11.8 Å². The minimum Gasteiger partial charge on any atom is -0.396 e. The molecule has 7 nitrogen and oxygen atoms in total. The van der Waals surface area contributed by atoms with Crippen molar-refractivity contribution in [2.75, 3.05) is 52.5 Å². The quantitative estimate of drug-likeness (QED) is 0.542. The van der Waals surface area contributed by atoms with Gasteiger partial charge in [-0.1, -0.05) is 30.3 Å². The van der Waals surface area contributed by atoms with Crippen LogP contribution in [0.5, 0.6) is 0 Å². The predicted octanol–water partition coefficient (Wildman–Crippen LogP) is 0.107. The molecule has 2 amide bonds. The minimum atomic E-state index is -0.609. The van der Waals surface area contributed by atoms with Crippen LogP contribution in [0.25, 0.3) is 0 Å². The number of morpholine rings is 1. The Morgan fingerprint density at radius 1 is 1.04 bits per heavy atom. The van der Waals surface area contributed by atoms with E-state index in [0.717, 1.165) is 25.2 Å². The van der Waals surface area contributed by atoms with Crippen molar-refractivity contribution >= 4 is 11.8 Å². The van der Waals surface area contributed by atoms with Gasteiger partial charge in [0, 0.05) is 39.3 Å². The van der Waals surface area contributed by atoms with Crippen LogP contribution in [0, 0.1) is 0 Å². The van der Waals surface area contributed by atoms with Gasteiger partial charge in [0.2, 0.25) is 0 Å². The highest BCUT2D eigenvalue weighted by molar-refractivity contribution is 6.35. The highest BCUT2D eigenvalue weighted by Crippen LogP contribution is 2.22. The first-order valence-electron chi connectivity index (χ1n) is 9.22. The SMILES string of the molecule is O=C(NCCC(CCO)c1ccccc1)C(=O)NCCN1CCOCC1. The first kappa shape index (κ1) is 20.4. The number of hydrogen-bond donors (Lipinski definition) is 3. The first-order chi connectivity index (χ1) is 12.7. The summed E-state index contributed by atoms with van der Waals surface area (Å²) in [5.74, 6) is -1.05. The highest BCUT2D eigenvalue weighted by atomic mass is 16.5. The van der Waals surface area contributed by atoms with Gasteiger partial charge in [0.1, 0.15) is 0 Å². The van der Waals surface area contributed by atoms with E-state index in [1.54, 1.807) is 0 Å². The fraction of sp³-hybridized carbons (Fsp3) is 0.579. The molecule has 0 spiro atoms. The van der Waals surface area contributed by atoms with Crippen molar-refractivity contribution in [3.63, 3.8) is 0 Å². The van der Waals surface area contributed by atoms with Gasteiger partial charge < -0.3 is 20.5 Å². The molecule has 1 heterocycles. The summed E-state index contributed by atoms with van der Waals surface area (Å²) in [7, 11) is 0. The van der Waals surface area contributed by atoms with E-state index in [4.69, 9.17) is 4.74 Å². The zero-order valence-electron chi connectivity index (χ0n) is 15.2. The summed E-state index contributed by atoms with van der Waals surface area (Å²) in [6.07, 6.45) is 1.31. The van der Waals surface area contributed by atoms with Crippen LogP contribution >= 0.6 is 0 Å². The van der Waals surface area contributed by atoms with Crippen molar-refractivity contribution in [1.29, 1.82) is 0 Å². The van der Waals surface area contributed by atoms with E-state index in [1.165, 1.54) is 0 Å². The largest absolute Gasteiger partial charge is 0.396 e. The third-order valence-electron chi connectivity index (χ3n) is 4.55. The zero-order chi connectivity index (χ0) is 18.6. The molecule has 1 aliphatic rings. The van der Waals surface area contributed by atoms with Crippen LogP contribution in [0.2, 0.25) is 0 Å². The molecule has 1 fully saturated rings. The van der Waals surface area contributed by atoms with E-state index in [1.807, 2.05) is 30.3 Å². The molecular weight excluding hydrogens is 334 g/mol. The Labute approximate surface area is 154 Å². The second kappa shape index (κ2) is 11.6. The van der Waals surface area contributed by atoms with Gasteiger partial charge in [-0.25, -0.2) is 0 Å². The van der Waals surface area contributed by atoms with Crippen LogP contribution in [0.4, 0.5) is 0 Å². The predicted molar refractivity (Wildman–Crippen MR) is 98.8 cm³/mol. The lowest BCUT2D eigenvalue weighted by atomic mass is 9.93. The molecule has 1 aromatic rings. The average molecular weight is 363 g/mol. The van der Waals surface area contributed by atoms with Gasteiger partial charge >= 0.3 is 11.8 Å². The number of aliphatic hydroxyl groups is 1. The van der Waals surface area contributed by atoms with Gasteiger partial charge in [0.05, 0.1) is 13.2 Å². The summed E-state index contributed by atoms with van der Waals surface area (Å²) in [6.45, 7) is 4.79. The number of benzene rings is 1. The Morgan fingerprint density at radius 3 is 2.35 bits per heavy atom. The number of rotatable bonds is 9. The van der Waals surface area contributed by atoms with Gasteiger partial charge in [-0.2, -0.15) is 0 Å². The highest BCUT2D eigenvalue weighted by Gasteiger charge is 2.16. The molecule has 1 aromatic carbocycles. The van der Waals surface area contributed by atoms with Gasteiger partial charge in [0.15, 0.2) is 0 Å². The maximum Gasteiger partial charge on any atom is 0.309 e. The Kier molecular flexibility index (Phi) is 9.09. The topological polar surface area (TPSA) is 90.9 Å². The van der Waals surface area contributed by atoms with Crippen molar-refractivity contribution in [2.45, 2.75) is 18.8 Å². The van der Waals surface area contributed by atoms with Crippen molar-refractivity contribution < 1.29 is 19.4 Å². The molecule has 0 aromatic heterocycles. The molecule has 0 radical (unpaired) electrons. The van der Waals surface area contributed by atoms with E-state index in [9.17, 15) is 14.7 Å². The van der Waals surface area contributed by atoms with Gasteiger partial charge in [-0.3, -0.25) is 14.5 Å². The number of nitrogens with zero attached hydrogens (tertiary/aromatic N) is 1. The number of ether oxygens (including phenoxy) is 1. The number of hydrogen-bond acceptors (Lipinski definition) is 5. The number of aliphatic hydroxyl groups excluding tert-OH is 1. The van der Waals surface area contributed by atoms with Crippen LogP contribution in [0.3, 0.4) is 0 Å². The molecule has 7 heteroatoms.